The van der Waals surface area contributed by atoms with Crippen molar-refractivity contribution in [2.24, 2.45) is 5.84 Å². The lowest BCUT2D eigenvalue weighted by Gasteiger charge is -2.36. The maximum Gasteiger partial charge on any atom is 0.0868 e. The van der Waals surface area contributed by atoms with Gasteiger partial charge >= 0.3 is 0 Å². The van der Waals surface area contributed by atoms with Crippen molar-refractivity contribution in [3.05, 3.63) is 35.9 Å². The van der Waals surface area contributed by atoms with Crippen LogP contribution in [0.4, 0.5) is 0 Å². The van der Waals surface area contributed by atoms with Crippen molar-refractivity contribution >= 4 is 0 Å². The molecule has 0 amide bonds. The molecular formula is C15H25N3O. The molecule has 1 heterocycles. The van der Waals surface area contributed by atoms with E-state index in [9.17, 15) is 0 Å². The van der Waals surface area contributed by atoms with Gasteiger partial charge in [0.25, 0.3) is 0 Å². The molecule has 1 aromatic rings. The largest absolute Gasteiger partial charge is 0.374 e. The molecule has 3 N–H and O–H groups in total. The summed E-state index contributed by atoms with van der Waals surface area (Å²) >= 11 is 0. The SMILES string of the molecule is CCN1CCOC(C(CCc2ccccc2)NN)C1. The molecule has 0 aliphatic carbocycles. The van der Waals surface area contributed by atoms with Gasteiger partial charge in [-0.1, -0.05) is 37.3 Å². The normalized spacial score (nSPS) is 22.3. The number of nitrogens with two attached hydrogens (primary N) is 1. The van der Waals surface area contributed by atoms with Crippen LogP contribution >= 0.6 is 0 Å². The fraction of sp³-hybridized carbons (Fsp3) is 0.600. The molecule has 2 atom stereocenters. The van der Waals surface area contributed by atoms with Crippen molar-refractivity contribution in [2.45, 2.75) is 31.9 Å². The third kappa shape index (κ3) is 4.28. The number of hydrazine groups is 1. The van der Waals surface area contributed by atoms with E-state index in [2.05, 4.69) is 41.5 Å². The number of hydrogen-bond acceptors (Lipinski definition) is 4. The summed E-state index contributed by atoms with van der Waals surface area (Å²) in [4.78, 5) is 2.42. The first-order chi connectivity index (χ1) is 9.33. The molecular weight excluding hydrogens is 238 g/mol. The lowest BCUT2D eigenvalue weighted by atomic mass is 10.0. The Morgan fingerprint density at radius 1 is 1.42 bits per heavy atom. The van der Waals surface area contributed by atoms with Crippen LogP contribution in [-0.4, -0.2) is 43.3 Å². The van der Waals surface area contributed by atoms with E-state index >= 15 is 0 Å². The van der Waals surface area contributed by atoms with Crippen molar-refractivity contribution in [2.75, 3.05) is 26.2 Å². The third-order valence-corrected chi connectivity index (χ3v) is 3.87. The van der Waals surface area contributed by atoms with Crippen LogP contribution in [0.2, 0.25) is 0 Å². The number of aryl methyl sites for hydroxylation is 1. The Balaban J connectivity index is 1.85. The molecule has 1 aliphatic heterocycles. The minimum atomic E-state index is 0.197. The van der Waals surface area contributed by atoms with Gasteiger partial charge in [-0.05, 0) is 24.9 Å². The zero-order valence-electron chi connectivity index (χ0n) is 11.7. The van der Waals surface area contributed by atoms with E-state index in [-0.39, 0.29) is 12.1 Å². The van der Waals surface area contributed by atoms with E-state index in [0.29, 0.717) is 0 Å². The zero-order chi connectivity index (χ0) is 13.5. The predicted octanol–water partition coefficient (Wildman–Crippen LogP) is 1.17. The van der Waals surface area contributed by atoms with Crippen molar-refractivity contribution in [3.63, 3.8) is 0 Å². The van der Waals surface area contributed by atoms with E-state index in [0.717, 1.165) is 39.1 Å². The topological polar surface area (TPSA) is 50.5 Å². The fourth-order valence-electron chi connectivity index (χ4n) is 2.61. The third-order valence-electron chi connectivity index (χ3n) is 3.87. The van der Waals surface area contributed by atoms with Crippen LogP contribution in [0.3, 0.4) is 0 Å². The van der Waals surface area contributed by atoms with E-state index in [1.54, 1.807) is 0 Å². The van der Waals surface area contributed by atoms with E-state index in [1.807, 2.05) is 6.07 Å². The molecule has 1 aromatic carbocycles. The molecule has 4 heteroatoms. The molecule has 2 unspecified atom stereocenters. The van der Waals surface area contributed by atoms with Crippen LogP contribution in [0, 0.1) is 0 Å². The van der Waals surface area contributed by atoms with Gasteiger partial charge in [0.05, 0.1) is 12.7 Å². The van der Waals surface area contributed by atoms with Crippen LogP contribution in [0.15, 0.2) is 30.3 Å². The highest BCUT2D eigenvalue weighted by Gasteiger charge is 2.26. The highest BCUT2D eigenvalue weighted by Crippen LogP contribution is 2.13. The monoisotopic (exact) mass is 263 g/mol. The Labute approximate surface area is 115 Å². The maximum absolute atomic E-state index is 5.87. The Morgan fingerprint density at radius 2 is 2.21 bits per heavy atom. The summed E-state index contributed by atoms with van der Waals surface area (Å²) in [6.45, 7) is 6.08. The number of likely N-dealkylation sites (N-methyl/N-ethyl adjacent to an activating group) is 1. The molecule has 0 bridgehead atoms. The number of morpholine rings is 1. The molecule has 0 spiro atoms. The Morgan fingerprint density at radius 3 is 2.89 bits per heavy atom. The molecule has 0 saturated carbocycles. The smallest absolute Gasteiger partial charge is 0.0868 e. The fourth-order valence-corrected chi connectivity index (χ4v) is 2.61. The average Bonchev–Trinajstić information content (AvgIpc) is 2.49. The lowest BCUT2D eigenvalue weighted by molar-refractivity contribution is -0.0461. The van der Waals surface area contributed by atoms with Gasteiger partial charge in [-0.25, -0.2) is 0 Å². The first kappa shape index (κ1) is 14.5. The first-order valence-electron chi connectivity index (χ1n) is 7.17. The summed E-state index contributed by atoms with van der Waals surface area (Å²) in [6, 6.07) is 10.7. The highest BCUT2D eigenvalue weighted by atomic mass is 16.5. The number of nitrogens with zero attached hydrogens (tertiary/aromatic N) is 1. The van der Waals surface area contributed by atoms with Crippen LogP contribution in [0.25, 0.3) is 0 Å². The summed E-state index contributed by atoms with van der Waals surface area (Å²) in [5.74, 6) is 5.71. The summed E-state index contributed by atoms with van der Waals surface area (Å²) in [6.07, 6.45) is 2.23. The molecule has 0 aromatic heterocycles. The van der Waals surface area contributed by atoms with Gasteiger partial charge in [0.15, 0.2) is 0 Å². The average molecular weight is 263 g/mol. The van der Waals surface area contributed by atoms with Crippen molar-refractivity contribution in [3.8, 4) is 0 Å². The molecule has 19 heavy (non-hydrogen) atoms. The van der Waals surface area contributed by atoms with Gasteiger partial charge in [-0.2, -0.15) is 0 Å². The Hall–Kier alpha value is -0.940. The number of ether oxygens (including phenoxy) is 1. The summed E-state index contributed by atoms with van der Waals surface area (Å²) in [5, 5.41) is 0. The van der Waals surface area contributed by atoms with Gasteiger partial charge in [0.1, 0.15) is 0 Å². The maximum atomic E-state index is 5.87. The minimum absolute atomic E-state index is 0.197. The van der Waals surface area contributed by atoms with Crippen LogP contribution in [-0.2, 0) is 11.2 Å². The second kappa shape index (κ2) is 7.60. The molecule has 1 fully saturated rings. The van der Waals surface area contributed by atoms with Crippen LogP contribution in [0.5, 0.6) is 0 Å². The molecule has 4 nitrogen and oxygen atoms in total. The van der Waals surface area contributed by atoms with Gasteiger partial charge < -0.3 is 4.74 Å². The Kier molecular flexibility index (Phi) is 5.79. The van der Waals surface area contributed by atoms with E-state index in [4.69, 9.17) is 10.6 Å². The summed E-state index contributed by atoms with van der Waals surface area (Å²) in [7, 11) is 0. The van der Waals surface area contributed by atoms with Crippen molar-refractivity contribution in [1.82, 2.24) is 10.3 Å². The number of benzene rings is 1. The lowest BCUT2D eigenvalue weighted by Crippen LogP contribution is -2.54. The number of nitrogens with one attached hydrogen (secondary N) is 1. The number of rotatable bonds is 6. The van der Waals surface area contributed by atoms with Crippen molar-refractivity contribution in [1.29, 1.82) is 0 Å². The quantitative estimate of drug-likeness (QED) is 0.597. The summed E-state index contributed by atoms with van der Waals surface area (Å²) in [5.41, 5.74) is 4.29. The number of hydrogen-bond donors (Lipinski definition) is 2. The second-order valence-corrected chi connectivity index (χ2v) is 5.10. The highest BCUT2D eigenvalue weighted by molar-refractivity contribution is 5.14. The van der Waals surface area contributed by atoms with Gasteiger partial charge in [0, 0.05) is 19.1 Å². The van der Waals surface area contributed by atoms with Crippen LogP contribution < -0.4 is 11.3 Å². The van der Waals surface area contributed by atoms with Gasteiger partial charge in [-0.15, -0.1) is 0 Å². The molecule has 106 valence electrons. The standard InChI is InChI=1S/C15H25N3O/c1-2-18-10-11-19-15(12-18)14(17-16)9-8-13-6-4-3-5-7-13/h3-7,14-15,17H,2,8-12,16H2,1H3. The molecule has 0 radical (unpaired) electrons. The minimum Gasteiger partial charge on any atom is -0.374 e. The van der Waals surface area contributed by atoms with E-state index in [1.165, 1.54) is 5.56 Å². The predicted molar refractivity (Wildman–Crippen MR) is 77.7 cm³/mol. The molecule has 1 aliphatic rings. The summed E-state index contributed by atoms with van der Waals surface area (Å²) < 4.78 is 5.87. The van der Waals surface area contributed by atoms with Crippen molar-refractivity contribution < 1.29 is 4.74 Å². The van der Waals surface area contributed by atoms with Gasteiger partial charge in [0.2, 0.25) is 0 Å². The second-order valence-electron chi connectivity index (χ2n) is 5.10. The van der Waals surface area contributed by atoms with E-state index < -0.39 is 0 Å². The van der Waals surface area contributed by atoms with Gasteiger partial charge in [-0.3, -0.25) is 16.2 Å². The zero-order valence-corrected chi connectivity index (χ0v) is 11.7. The first-order valence-corrected chi connectivity index (χ1v) is 7.17. The molecule has 1 saturated heterocycles. The van der Waals surface area contributed by atoms with Crippen LogP contribution in [0.1, 0.15) is 18.9 Å². The Bertz CT molecular complexity index is 358. The molecule has 2 rings (SSSR count).